The van der Waals surface area contributed by atoms with Gasteiger partial charge in [-0.2, -0.15) is 0 Å². The molecule has 1 aliphatic carbocycles. The van der Waals surface area contributed by atoms with Gasteiger partial charge in [0.25, 0.3) is 5.91 Å². The molecule has 2 aliphatic rings. The second kappa shape index (κ2) is 8.53. The first-order valence-electron chi connectivity index (χ1n) is 10.8. The normalized spacial score (nSPS) is 18.6. The number of nitrogens with zero attached hydrogens (tertiary/aromatic N) is 5. The molecular weight excluding hydrogens is 366 g/mol. The lowest BCUT2D eigenvalue weighted by Crippen LogP contribution is -2.51. The quantitative estimate of drug-likeness (QED) is 0.776. The molecule has 1 aliphatic heterocycles. The maximum absolute atomic E-state index is 13.0. The Morgan fingerprint density at radius 2 is 1.72 bits per heavy atom. The number of carbonyl (C=O) groups is 1. The van der Waals surface area contributed by atoms with Gasteiger partial charge in [-0.1, -0.05) is 18.1 Å². The van der Waals surface area contributed by atoms with Crippen molar-refractivity contribution < 1.29 is 9.53 Å². The molecule has 4 rings (SSSR count). The number of piperazine rings is 1. The first kappa shape index (κ1) is 19.9. The average molecular weight is 398 g/mol. The summed E-state index contributed by atoms with van der Waals surface area (Å²) in [5.41, 5.74) is 2.09. The summed E-state index contributed by atoms with van der Waals surface area (Å²) < 4.78 is 7.42. The second-order valence-electron chi connectivity index (χ2n) is 8.36. The lowest BCUT2D eigenvalue weighted by molar-refractivity contribution is 0.0567. The molecule has 2 heterocycles. The van der Waals surface area contributed by atoms with Crippen LogP contribution in [0.4, 0.5) is 0 Å². The van der Waals surface area contributed by atoms with Gasteiger partial charge in [-0.05, 0) is 57.9 Å². The number of amides is 1. The van der Waals surface area contributed by atoms with Crippen LogP contribution in [0.1, 0.15) is 55.7 Å². The minimum Gasteiger partial charge on any atom is -0.491 e. The molecule has 7 nitrogen and oxygen atoms in total. The minimum atomic E-state index is -0.0143. The number of carbonyl (C=O) groups excluding carboxylic acids is 1. The van der Waals surface area contributed by atoms with Crippen molar-refractivity contribution >= 4 is 5.91 Å². The highest BCUT2D eigenvalue weighted by Gasteiger charge is 2.30. The van der Waals surface area contributed by atoms with Crippen molar-refractivity contribution in [1.82, 2.24) is 24.8 Å². The Labute approximate surface area is 172 Å². The largest absolute Gasteiger partial charge is 0.491 e. The first-order chi connectivity index (χ1) is 14.0. The molecule has 1 amide bonds. The number of hydrogen-bond acceptors (Lipinski definition) is 5. The second-order valence-corrected chi connectivity index (χ2v) is 8.36. The van der Waals surface area contributed by atoms with E-state index in [1.807, 2.05) is 49.9 Å². The average Bonchev–Trinajstić information content (AvgIpc) is 3.38. The highest BCUT2D eigenvalue weighted by Crippen LogP contribution is 2.25. The van der Waals surface area contributed by atoms with Gasteiger partial charge < -0.3 is 9.64 Å². The van der Waals surface area contributed by atoms with Crippen molar-refractivity contribution in [3.8, 4) is 11.4 Å². The monoisotopic (exact) mass is 397 g/mol. The summed E-state index contributed by atoms with van der Waals surface area (Å²) in [7, 11) is 0. The minimum absolute atomic E-state index is 0.0143. The molecule has 0 unspecified atom stereocenters. The summed E-state index contributed by atoms with van der Waals surface area (Å²) in [5, 5.41) is 8.45. The van der Waals surface area contributed by atoms with Crippen LogP contribution in [0.25, 0.3) is 5.69 Å². The molecule has 1 aromatic carbocycles. The highest BCUT2D eigenvalue weighted by atomic mass is 16.5. The van der Waals surface area contributed by atoms with Crippen molar-refractivity contribution in [2.75, 3.05) is 26.2 Å². The third kappa shape index (κ3) is 4.29. The van der Waals surface area contributed by atoms with Gasteiger partial charge in [0.15, 0.2) is 5.69 Å². The summed E-state index contributed by atoms with van der Waals surface area (Å²) in [4.78, 5) is 17.5. The third-order valence-corrected chi connectivity index (χ3v) is 5.99. The van der Waals surface area contributed by atoms with Crippen LogP contribution in [-0.2, 0) is 0 Å². The van der Waals surface area contributed by atoms with Crippen LogP contribution in [-0.4, -0.2) is 69.0 Å². The Bertz CT molecular complexity index is 831. The van der Waals surface area contributed by atoms with Crippen LogP contribution in [0, 0.1) is 6.92 Å². The number of ether oxygens (including phenoxy) is 1. The Kier molecular flexibility index (Phi) is 5.85. The van der Waals surface area contributed by atoms with Crippen molar-refractivity contribution in [1.29, 1.82) is 0 Å². The van der Waals surface area contributed by atoms with E-state index in [4.69, 9.17) is 4.74 Å². The van der Waals surface area contributed by atoms with Gasteiger partial charge in [0.2, 0.25) is 0 Å². The predicted molar refractivity (Wildman–Crippen MR) is 112 cm³/mol. The Hall–Kier alpha value is -2.41. The molecule has 0 bridgehead atoms. The van der Waals surface area contributed by atoms with Gasteiger partial charge in [0, 0.05) is 32.2 Å². The van der Waals surface area contributed by atoms with Crippen molar-refractivity contribution in [2.45, 2.75) is 58.6 Å². The fourth-order valence-electron chi connectivity index (χ4n) is 4.42. The van der Waals surface area contributed by atoms with E-state index in [9.17, 15) is 4.79 Å². The standard InChI is InChI=1S/C22H31N5O2/c1-16(2)29-20-10-8-19(9-11-20)27-17(3)21(23-24-27)22(28)26-14-12-25(13-15-26)18-6-4-5-7-18/h8-11,16,18H,4-7,12-15H2,1-3H3. The maximum atomic E-state index is 13.0. The van der Waals surface area contributed by atoms with Crippen LogP contribution < -0.4 is 4.74 Å². The summed E-state index contributed by atoms with van der Waals surface area (Å²) in [6.45, 7) is 9.36. The molecule has 7 heteroatoms. The third-order valence-electron chi connectivity index (χ3n) is 5.99. The summed E-state index contributed by atoms with van der Waals surface area (Å²) in [5.74, 6) is 0.803. The first-order valence-corrected chi connectivity index (χ1v) is 10.8. The molecule has 1 saturated heterocycles. The Morgan fingerprint density at radius 3 is 2.34 bits per heavy atom. The molecule has 0 radical (unpaired) electrons. The zero-order valence-electron chi connectivity index (χ0n) is 17.7. The number of benzene rings is 1. The molecule has 2 aromatic rings. The van der Waals surface area contributed by atoms with E-state index < -0.39 is 0 Å². The molecule has 1 aromatic heterocycles. The van der Waals surface area contributed by atoms with Gasteiger partial charge in [0.1, 0.15) is 5.75 Å². The SMILES string of the molecule is Cc1c(C(=O)N2CCN(C3CCCC3)CC2)nnn1-c1ccc(OC(C)C)cc1. The fraction of sp³-hybridized carbons (Fsp3) is 0.591. The Morgan fingerprint density at radius 1 is 1.07 bits per heavy atom. The van der Waals surface area contributed by atoms with Crippen LogP contribution in [0.5, 0.6) is 5.75 Å². The van der Waals surface area contributed by atoms with Crippen molar-refractivity contribution in [3.05, 3.63) is 35.7 Å². The molecule has 0 N–H and O–H groups in total. The van der Waals surface area contributed by atoms with Gasteiger partial charge in [0.05, 0.1) is 17.5 Å². The number of aromatic nitrogens is 3. The molecule has 2 fully saturated rings. The zero-order valence-corrected chi connectivity index (χ0v) is 17.7. The van der Waals surface area contributed by atoms with Crippen LogP contribution in [0.15, 0.2) is 24.3 Å². The summed E-state index contributed by atoms with van der Waals surface area (Å²) >= 11 is 0. The van der Waals surface area contributed by atoms with Gasteiger partial charge in [-0.25, -0.2) is 4.68 Å². The summed E-state index contributed by atoms with van der Waals surface area (Å²) in [6.07, 6.45) is 5.44. The molecular formula is C22H31N5O2. The van der Waals surface area contributed by atoms with Gasteiger partial charge in [-0.3, -0.25) is 9.69 Å². The van der Waals surface area contributed by atoms with Crippen molar-refractivity contribution in [3.63, 3.8) is 0 Å². The number of rotatable bonds is 5. The number of hydrogen-bond donors (Lipinski definition) is 0. The fourth-order valence-corrected chi connectivity index (χ4v) is 4.42. The molecule has 1 saturated carbocycles. The lowest BCUT2D eigenvalue weighted by Gasteiger charge is -2.37. The van der Waals surface area contributed by atoms with E-state index in [0.717, 1.165) is 49.4 Å². The molecule has 29 heavy (non-hydrogen) atoms. The summed E-state index contributed by atoms with van der Waals surface area (Å²) in [6, 6.07) is 8.43. The van der Waals surface area contributed by atoms with E-state index in [2.05, 4.69) is 15.2 Å². The van der Waals surface area contributed by atoms with Gasteiger partial charge in [-0.15, -0.1) is 5.10 Å². The van der Waals surface area contributed by atoms with E-state index in [1.165, 1.54) is 25.7 Å². The Balaban J connectivity index is 1.42. The predicted octanol–water partition coefficient (Wildman–Crippen LogP) is 3.06. The topological polar surface area (TPSA) is 63.5 Å². The van der Waals surface area contributed by atoms with E-state index in [0.29, 0.717) is 5.69 Å². The molecule has 0 spiro atoms. The van der Waals surface area contributed by atoms with Gasteiger partial charge >= 0.3 is 0 Å². The maximum Gasteiger partial charge on any atom is 0.276 e. The van der Waals surface area contributed by atoms with E-state index >= 15 is 0 Å². The highest BCUT2D eigenvalue weighted by molar-refractivity contribution is 5.93. The van der Waals surface area contributed by atoms with Crippen LogP contribution in [0.2, 0.25) is 0 Å². The van der Waals surface area contributed by atoms with Crippen molar-refractivity contribution in [2.24, 2.45) is 0 Å². The lowest BCUT2D eigenvalue weighted by atomic mass is 10.1. The van der Waals surface area contributed by atoms with Crippen LogP contribution >= 0.6 is 0 Å². The zero-order chi connectivity index (χ0) is 20.4. The van der Waals surface area contributed by atoms with E-state index in [-0.39, 0.29) is 12.0 Å². The smallest absolute Gasteiger partial charge is 0.276 e. The molecule has 0 atom stereocenters. The molecule has 156 valence electrons. The van der Waals surface area contributed by atoms with E-state index in [1.54, 1.807) is 4.68 Å². The van der Waals surface area contributed by atoms with Crippen LogP contribution in [0.3, 0.4) is 0 Å².